The minimum absolute atomic E-state index is 0.315. The lowest BCUT2D eigenvalue weighted by Crippen LogP contribution is -2.11. The van der Waals surface area contributed by atoms with Crippen LogP contribution in [0.4, 0.5) is 4.39 Å². The topological polar surface area (TPSA) is 57.0 Å². The molecule has 0 aliphatic heterocycles. The van der Waals surface area contributed by atoms with Crippen molar-refractivity contribution < 1.29 is 8.81 Å². The number of fused-ring (bicyclic) bond motifs is 1. The first-order chi connectivity index (χ1) is 9.60. The molecule has 0 radical (unpaired) electrons. The molecule has 0 bridgehead atoms. The van der Waals surface area contributed by atoms with Gasteiger partial charge < -0.3 is 10.2 Å². The van der Waals surface area contributed by atoms with E-state index >= 15 is 0 Å². The van der Waals surface area contributed by atoms with Gasteiger partial charge >= 0.3 is 0 Å². The lowest BCUT2D eigenvalue weighted by Gasteiger charge is -2.07. The molecule has 0 saturated carbocycles. The maximum absolute atomic E-state index is 13.2. The van der Waals surface area contributed by atoms with Crippen molar-refractivity contribution in [2.75, 3.05) is 0 Å². The summed E-state index contributed by atoms with van der Waals surface area (Å²) >= 11 is 0. The van der Waals surface area contributed by atoms with Crippen molar-refractivity contribution in [3.8, 4) is 0 Å². The van der Waals surface area contributed by atoms with Crippen LogP contribution in [-0.4, -0.2) is 9.78 Å². The molecule has 4 nitrogen and oxygen atoms in total. The van der Waals surface area contributed by atoms with Crippen molar-refractivity contribution in [3.05, 3.63) is 53.3 Å². The third kappa shape index (κ3) is 2.00. The molecule has 0 aliphatic rings. The Labute approximate surface area is 116 Å². The Morgan fingerprint density at radius 1 is 1.45 bits per heavy atom. The number of benzene rings is 1. The van der Waals surface area contributed by atoms with E-state index in [-0.39, 0.29) is 5.82 Å². The van der Waals surface area contributed by atoms with Crippen molar-refractivity contribution in [2.24, 2.45) is 5.73 Å². The maximum atomic E-state index is 13.2. The van der Waals surface area contributed by atoms with Crippen LogP contribution in [0.1, 0.15) is 29.9 Å². The van der Waals surface area contributed by atoms with Crippen LogP contribution in [-0.2, 0) is 6.54 Å². The second kappa shape index (κ2) is 4.76. The number of aryl methyl sites for hydroxylation is 2. The van der Waals surface area contributed by atoms with Crippen LogP contribution >= 0.6 is 0 Å². The predicted octanol–water partition coefficient (Wildman–Crippen LogP) is 3.14. The van der Waals surface area contributed by atoms with Gasteiger partial charge in [0, 0.05) is 35.3 Å². The van der Waals surface area contributed by atoms with E-state index in [2.05, 4.69) is 5.10 Å². The normalized spacial score (nSPS) is 13.0. The second-order valence-corrected chi connectivity index (χ2v) is 4.84. The molecule has 2 aromatic heterocycles. The smallest absolute Gasteiger partial charge is 0.137 e. The molecule has 0 saturated heterocycles. The first-order valence-electron chi connectivity index (χ1n) is 6.56. The molecular weight excluding hydrogens is 257 g/mol. The fraction of sp³-hybridized carbons (Fsp3) is 0.267. The van der Waals surface area contributed by atoms with Gasteiger partial charge in [-0.05, 0) is 26.0 Å². The van der Waals surface area contributed by atoms with Crippen LogP contribution in [0, 0.1) is 12.7 Å². The number of nitrogens with zero attached hydrogens (tertiary/aromatic N) is 2. The molecule has 1 atom stereocenters. The van der Waals surface area contributed by atoms with Gasteiger partial charge in [0.25, 0.3) is 0 Å². The molecule has 0 amide bonds. The van der Waals surface area contributed by atoms with Gasteiger partial charge in [-0.1, -0.05) is 0 Å². The van der Waals surface area contributed by atoms with E-state index < -0.39 is 6.04 Å². The van der Waals surface area contributed by atoms with Crippen LogP contribution in [0.2, 0.25) is 0 Å². The number of hydrogen-bond donors (Lipinski definition) is 1. The van der Waals surface area contributed by atoms with E-state index in [0.29, 0.717) is 11.3 Å². The first-order valence-corrected chi connectivity index (χ1v) is 6.56. The van der Waals surface area contributed by atoms with Gasteiger partial charge in [0.15, 0.2) is 0 Å². The fourth-order valence-electron chi connectivity index (χ4n) is 2.38. The number of rotatable bonds is 3. The van der Waals surface area contributed by atoms with Crippen LogP contribution in [0.3, 0.4) is 0 Å². The lowest BCUT2D eigenvalue weighted by molar-refractivity contribution is 0.518. The Kier molecular flexibility index (Phi) is 3.06. The molecule has 20 heavy (non-hydrogen) atoms. The number of hydrogen-bond acceptors (Lipinski definition) is 3. The van der Waals surface area contributed by atoms with E-state index in [0.717, 1.165) is 23.1 Å². The van der Waals surface area contributed by atoms with Crippen molar-refractivity contribution in [1.82, 2.24) is 9.78 Å². The van der Waals surface area contributed by atoms with Crippen LogP contribution < -0.4 is 5.73 Å². The Balaban J connectivity index is 2.06. The Bertz CT molecular complexity index is 760. The summed E-state index contributed by atoms with van der Waals surface area (Å²) < 4.78 is 20.8. The third-order valence-electron chi connectivity index (χ3n) is 3.56. The molecule has 3 aromatic rings. The van der Waals surface area contributed by atoms with Gasteiger partial charge in [-0.25, -0.2) is 4.39 Å². The summed E-state index contributed by atoms with van der Waals surface area (Å²) in [5, 5.41) is 5.10. The average molecular weight is 273 g/mol. The first kappa shape index (κ1) is 12.9. The number of nitrogens with two attached hydrogens (primary N) is 1. The van der Waals surface area contributed by atoms with Gasteiger partial charge in [0.1, 0.15) is 17.2 Å². The predicted molar refractivity (Wildman–Crippen MR) is 74.8 cm³/mol. The highest BCUT2D eigenvalue weighted by molar-refractivity contribution is 5.82. The largest absolute Gasteiger partial charge is 0.459 e. The van der Waals surface area contributed by atoms with Crippen molar-refractivity contribution >= 4 is 11.0 Å². The van der Waals surface area contributed by atoms with Crippen LogP contribution in [0.25, 0.3) is 11.0 Å². The molecule has 1 aromatic carbocycles. The van der Waals surface area contributed by atoms with E-state index in [9.17, 15) is 4.39 Å². The molecule has 104 valence electrons. The van der Waals surface area contributed by atoms with Crippen molar-refractivity contribution in [1.29, 1.82) is 0 Å². The van der Waals surface area contributed by atoms with E-state index in [1.54, 1.807) is 12.3 Å². The number of aromatic nitrogens is 2. The molecule has 2 heterocycles. The average Bonchev–Trinajstić information content (AvgIpc) is 3.03. The summed E-state index contributed by atoms with van der Waals surface area (Å²) in [5.41, 5.74) is 8.60. The van der Waals surface area contributed by atoms with Crippen LogP contribution in [0.15, 0.2) is 35.0 Å². The molecular formula is C15H16FN3O. The third-order valence-corrected chi connectivity index (χ3v) is 3.56. The highest BCUT2D eigenvalue weighted by Gasteiger charge is 2.20. The highest BCUT2D eigenvalue weighted by Crippen LogP contribution is 2.31. The monoisotopic (exact) mass is 273 g/mol. The van der Waals surface area contributed by atoms with Crippen molar-refractivity contribution in [2.45, 2.75) is 26.4 Å². The molecule has 0 spiro atoms. The Morgan fingerprint density at radius 2 is 2.25 bits per heavy atom. The zero-order valence-corrected chi connectivity index (χ0v) is 11.4. The van der Waals surface area contributed by atoms with Crippen molar-refractivity contribution in [3.63, 3.8) is 0 Å². The molecule has 1 unspecified atom stereocenters. The summed E-state index contributed by atoms with van der Waals surface area (Å²) in [6, 6.07) is 4.13. The van der Waals surface area contributed by atoms with Crippen LogP contribution in [0.5, 0.6) is 0 Å². The van der Waals surface area contributed by atoms with Gasteiger partial charge in [-0.3, -0.25) is 4.68 Å². The molecule has 5 heteroatoms. The summed E-state index contributed by atoms with van der Waals surface area (Å²) in [6.07, 6.45) is 3.64. The Morgan fingerprint density at radius 3 is 2.95 bits per heavy atom. The SMILES string of the molecule is CCn1cc(C(N)c2oc3cc(F)ccc3c2C)cn1. The van der Waals surface area contributed by atoms with Gasteiger partial charge in [-0.2, -0.15) is 5.10 Å². The fourth-order valence-corrected chi connectivity index (χ4v) is 2.38. The Hall–Kier alpha value is -2.14. The summed E-state index contributed by atoms with van der Waals surface area (Å²) in [6.45, 7) is 4.73. The molecule has 0 fully saturated rings. The summed E-state index contributed by atoms with van der Waals surface area (Å²) in [4.78, 5) is 0. The quantitative estimate of drug-likeness (QED) is 0.797. The zero-order chi connectivity index (χ0) is 14.3. The molecule has 2 N–H and O–H groups in total. The molecule has 0 aliphatic carbocycles. The number of halogens is 1. The van der Waals surface area contributed by atoms with Gasteiger partial charge in [0.2, 0.25) is 0 Å². The lowest BCUT2D eigenvalue weighted by atomic mass is 10.0. The van der Waals surface area contributed by atoms with E-state index in [1.165, 1.54) is 12.1 Å². The number of furan rings is 1. The summed E-state index contributed by atoms with van der Waals surface area (Å²) in [7, 11) is 0. The minimum atomic E-state index is -0.397. The van der Waals surface area contributed by atoms with Gasteiger partial charge in [0.05, 0.1) is 12.2 Å². The minimum Gasteiger partial charge on any atom is -0.459 e. The summed E-state index contributed by atoms with van der Waals surface area (Å²) in [5.74, 6) is 0.339. The van der Waals surface area contributed by atoms with E-state index in [4.69, 9.17) is 10.2 Å². The highest BCUT2D eigenvalue weighted by atomic mass is 19.1. The molecule has 3 rings (SSSR count). The van der Waals surface area contributed by atoms with E-state index in [1.807, 2.05) is 24.7 Å². The standard InChI is InChI=1S/C15H16FN3O/c1-3-19-8-10(7-18-19)14(17)15-9(2)12-5-4-11(16)6-13(12)20-15/h4-8,14H,3,17H2,1-2H3. The van der Waals surface area contributed by atoms with Gasteiger partial charge in [-0.15, -0.1) is 0 Å². The second-order valence-electron chi connectivity index (χ2n) is 4.84. The zero-order valence-electron chi connectivity index (χ0n) is 11.4. The maximum Gasteiger partial charge on any atom is 0.137 e.